The number of hydrogen-bond acceptors (Lipinski definition) is 4. The monoisotopic (exact) mass is 373 g/mol. The summed E-state index contributed by atoms with van der Waals surface area (Å²) in [7, 11) is 0. The number of pyridine rings is 1. The van der Waals surface area contributed by atoms with Crippen molar-refractivity contribution in [3.8, 4) is 11.9 Å². The molecule has 26 heavy (non-hydrogen) atoms. The summed E-state index contributed by atoms with van der Waals surface area (Å²) >= 11 is 6.09. The Labute approximate surface area is 157 Å². The lowest BCUT2D eigenvalue weighted by Crippen LogP contribution is -2.42. The highest BCUT2D eigenvalue weighted by Crippen LogP contribution is 2.36. The Morgan fingerprint density at radius 1 is 1.42 bits per heavy atom. The molecule has 6 nitrogen and oxygen atoms in total. The van der Waals surface area contributed by atoms with Crippen LogP contribution in [0.3, 0.4) is 0 Å². The lowest BCUT2D eigenvalue weighted by Gasteiger charge is -2.32. The van der Waals surface area contributed by atoms with Crippen molar-refractivity contribution in [2.24, 2.45) is 5.41 Å². The number of nitrogens with zero attached hydrogens (tertiary/aromatic N) is 3. The predicted octanol–water partition coefficient (Wildman–Crippen LogP) is 4.31. The highest BCUT2D eigenvalue weighted by atomic mass is 35.5. The molecule has 1 aliphatic rings. The summed E-state index contributed by atoms with van der Waals surface area (Å²) in [5.74, 6) is 0.312. The number of amides is 1. The van der Waals surface area contributed by atoms with Crippen LogP contribution in [0.2, 0.25) is 5.02 Å². The van der Waals surface area contributed by atoms with Gasteiger partial charge in [-0.15, -0.1) is 0 Å². The van der Waals surface area contributed by atoms with Gasteiger partial charge in [-0.05, 0) is 29.0 Å². The van der Waals surface area contributed by atoms with Crippen LogP contribution < -0.4 is 4.74 Å². The number of fused-ring (bicyclic) bond motifs is 1. The highest BCUT2D eigenvalue weighted by molar-refractivity contribution is 6.31. The van der Waals surface area contributed by atoms with E-state index in [-0.39, 0.29) is 29.8 Å². The minimum Gasteiger partial charge on any atom is -0.472 e. The fraction of sp³-hybridized carbons (Fsp3) is 0.421. The number of nitriles is 1. The lowest BCUT2D eigenvalue weighted by atomic mass is 9.85. The number of carboxylic acid groups (broad SMARTS) is 1. The molecule has 1 aromatic carbocycles. The van der Waals surface area contributed by atoms with E-state index in [0.717, 1.165) is 5.39 Å². The van der Waals surface area contributed by atoms with Gasteiger partial charge in [0.15, 0.2) is 0 Å². The summed E-state index contributed by atoms with van der Waals surface area (Å²) in [6, 6.07) is 8.84. The molecule has 1 N–H and O–H groups in total. The maximum absolute atomic E-state index is 11.6. The van der Waals surface area contributed by atoms with Crippen molar-refractivity contribution in [3.63, 3.8) is 0 Å². The number of halogens is 1. The van der Waals surface area contributed by atoms with Crippen molar-refractivity contribution in [2.75, 3.05) is 6.54 Å². The average molecular weight is 374 g/mol. The molecule has 136 valence electrons. The van der Waals surface area contributed by atoms with Crippen molar-refractivity contribution in [1.29, 1.82) is 5.26 Å². The minimum absolute atomic E-state index is 0.154. The number of ether oxygens (including phenoxy) is 1. The molecule has 7 heteroatoms. The van der Waals surface area contributed by atoms with Crippen LogP contribution >= 0.6 is 11.6 Å². The number of hydrogen-bond donors (Lipinski definition) is 1. The Hall–Kier alpha value is -2.52. The first-order valence-corrected chi connectivity index (χ1v) is 8.73. The first kappa shape index (κ1) is 18.3. The van der Waals surface area contributed by atoms with Gasteiger partial charge in [0.05, 0.1) is 6.54 Å². The number of aromatic nitrogens is 1. The van der Waals surface area contributed by atoms with Gasteiger partial charge >= 0.3 is 6.09 Å². The van der Waals surface area contributed by atoms with E-state index in [2.05, 4.69) is 4.98 Å². The third kappa shape index (κ3) is 3.54. The molecular formula is C19H20ClN3O3. The first-order chi connectivity index (χ1) is 12.2. The summed E-state index contributed by atoms with van der Waals surface area (Å²) < 4.78 is 6.07. The van der Waals surface area contributed by atoms with E-state index in [1.165, 1.54) is 4.90 Å². The van der Waals surface area contributed by atoms with Crippen molar-refractivity contribution >= 4 is 28.5 Å². The van der Waals surface area contributed by atoms with Crippen LogP contribution in [0.25, 0.3) is 10.8 Å². The molecule has 0 saturated carbocycles. The van der Waals surface area contributed by atoms with Gasteiger partial charge < -0.3 is 14.7 Å². The normalized spacial score (nSPS) is 20.2. The lowest BCUT2D eigenvalue weighted by molar-refractivity contribution is 0.105. The first-order valence-electron chi connectivity index (χ1n) is 8.35. The Kier molecular flexibility index (Phi) is 4.68. The van der Waals surface area contributed by atoms with Crippen LogP contribution in [0.5, 0.6) is 5.88 Å². The smallest absolute Gasteiger partial charge is 0.407 e. The maximum Gasteiger partial charge on any atom is 0.407 e. The molecule has 0 bridgehead atoms. The van der Waals surface area contributed by atoms with Gasteiger partial charge in [0, 0.05) is 22.9 Å². The Bertz CT molecular complexity index is 901. The average Bonchev–Trinajstić information content (AvgIpc) is 2.99. The second-order valence-electron chi connectivity index (χ2n) is 7.58. The summed E-state index contributed by atoms with van der Waals surface area (Å²) in [5.41, 5.74) is 0.0411. The zero-order valence-electron chi connectivity index (χ0n) is 14.9. The summed E-state index contributed by atoms with van der Waals surface area (Å²) in [6.45, 7) is 6.30. The molecule has 0 spiro atoms. The number of likely N-dealkylation sites (tertiary alicyclic amines) is 1. The van der Waals surface area contributed by atoms with E-state index < -0.39 is 6.09 Å². The zero-order valence-corrected chi connectivity index (χ0v) is 15.6. The molecule has 2 aromatic rings. The fourth-order valence-electron chi connectivity index (χ4n) is 3.41. The maximum atomic E-state index is 11.6. The predicted molar refractivity (Wildman–Crippen MR) is 98.5 cm³/mol. The summed E-state index contributed by atoms with van der Waals surface area (Å²) in [4.78, 5) is 17.3. The molecule has 0 radical (unpaired) electrons. The van der Waals surface area contributed by atoms with Crippen LogP contribution in [0.4, 0.5) is 4.79 Å². The summed E-state index contributed by atoms with van der Waals surface area (Å²) in [5, 5.41) is 20.8. The molecular weight excluding hydrogens is 354 g/mol. The third-order valence-electron chi connectivity index (χ3n) is 4.66. The highest BCUT2D eigenvalue weighted by Gasteiger charge is 2.43. The molecule has 2 atom stereocenters. The van der Waals surface area contributed by atoms with Crippen LogP contribution in [0.1, 0.15) is 32.9 Å². The van der Waals surface area contributed by atoms with Crippen molar-refractivity contribution < 1.29 is 14.6 Å². The minimum atomic E-state index is -0.956. The van der Waals surface area contributed by atoms with Crippen molar-refractivity contribution in [3.05, 3.63) is 35.0 Å². The van der Waals surface area contributed by atoms with Gasteiger partial charge in [0.25, 0.3) is 0 Å². The molecule has 2 heterocycles. The van der Waals surface area contributed by atoms with Crippen molar-refractivity contribution in [2.45, 2.75) is 39.3 Å². The van der Waals surface area contributed by atoms with Crippen LogP contribution in [0.15, 0.2) is 24.3 Å². The van der Waals surface area contributed by atoms with E-state index in [1.54, 1.807) is 18.2 Å². The largest absolute Gasteiger partial charge is 0.472 e. The SMILES string of the molecule is CC(C)(C)C1CC(Oc2nc(C#N)cc3ccc(Cl)cc23)CN1C(=O)O. The molecule has 2 unspecified atom stereocenters. The molecule has 0 aliphatic carbocycles. The van der Waals surface area contributed by atoms with E-state index in [9.17, 15) is 15.2 Å². The molecule has 1 aliphatic heterocycles. The van der Waals surface area contributed by atoms with Crippen LogP contribution in [-0.2, 0) is 0 Å². The van der Waals surface area contributed by atoms with Gasteiger partial charge in [-0.2, -0.15) is 5.26 Å². The molecule has 1 saturated heterocycles. The van der Waals surface area contributed by atoms with E-state index in [1.807, 2.05) is 32.9 Å². The Morgan fingerprint density at radius 3 is 2.73 bits per heavy atom. The second kappa shape index (κ2) is 6.65. The van der Waals surface area contributed by atoms with E-state index in [0.29, 0.717) is 22.7 Å². The van der Waals surface area contributed by atoms with Gasteiger partial charge in [0.1, 0.15) is 17.9 Å². The molecule has 1 amide bonds. The van der Waals surface area contributed by atoms with Crippen LogP contribution in [-0.4, -0.2) is 39.8 Å². The standard InChI is InChI=1S/C19H20ClN3O3/c1-19(2,3)16-8-14(10-23(16)18(24)25)26-17-15-7-12(20)5-4-11(15)6-13(9-21)22-17/h4-7,14,16H,8,10H2,1-3H3,(H,24,25). The number of benzene rings is 1. The summed E-state index contributed by atoms with van der Waals surface area (Å²) in [6.07, 6.45) is -0.724. The number of rotatable bonds is 2. The molecule has 1 aromatic heterocycles. The zero-order chi connectivity index (χ0) is 19.1. The molecule has 3 rings (SSSR count). The third-order valence-corrected chi connectivity index (χ3v) is 4.90. The van der Waals surface area contributed by atoms with Gasteiger partial charge in [0.2, 0.25) is 5.88 Å². The Morgan fingerprint density at radius 2 is 2.15 bits per heavy atom. The topological polar surface area (TPSA) is 86.5 Å². The number of carbonyl (C=O) groups is 1. The quantitative estimate of drug-likeness (QED) is 0.847. The van der Waals surface area contributed by atoms with E-state index >= 15 is 0 Å². The van der Waals surface area contributed by atoms with Crippen molar-refractivity contribution in [1.82, 2.24) is 9.88 Å². The second-order valence-corrected chi connectivity index (χ2v) is 8.02. The van der Waals surface area contributed by atoms with Crippen LogP contribution in [0, 0.1) is 16.7 Å². The fourth-order valence-corrected chi connectivity index (χ4v) is 3.58. The molecule has 1 fully saturated rings. The van der Waals surface area contributed by atoms with Gasteiger partial charge in [-0.1, -0.05) is 38.4 Å². The Balaban J connectivity index is 1.95. The van der Waals surface area contributed by atoms with E-state index in [4.69, 9.17) is 16.3 Å². The van der Waals surface area contributed by atoms with Gasteiger partial charge in [-0.25, -0.2) is 9.78 Å². The van der Waals surface area contributed by atoms with Gasteiger partial charge in [-0.3, -0.25) is 0 Å².